The average Bonchev–Trinajstić information content (AvgIpc) is 3.43. The highest BCUT2D eigenvalue weighted by Gasteiger charge is 2.23. The summed E-state index contributed by atoms with van der Waals surface area (Å²) < 4.78 is 13.9. The predicted octanol–water partition coefficient (Wildman–Crippen LogP) is 13.1. The number of ketones is 1. The first-order valence-corrected chi connectivity index (χ1v) is 19.5. The molecule has 0 atom stereocenters. The van der Waals surface area contributed by atoms with E-state index in [0.717, 1.165) is 77.9 Å². The molecule has 0 saturated carbocycles. The van der Waals surface area contributed by atoms with Gasteiger partial charge in [0.05, 0.1) is 0 Å². The molecular weight excluding hydrogens is 699 g/mol. The second-order valence-electron chi connectivity index (χ2n) is 14.8. The molecule has 0 N–H and O–H groups in total. The van der Waals surface area contributed by atoms with Gasteiger partial charge in [-0.3, -0.25) is 4.79 Å². The molecule has 6 aromatic carbocycles. The molecule has 1 heterocycles. The lowest BCUT2D eigenvalue weighted by Gasteiger charge is -2.26. The lowest BCUT2D eigenvalue weighted by molar-refractivity contribution is 0.101. The Morgan fingerprint density at radius 3 is 1.56 bits per heavy atom. The lowest BCUT2D eigenvalue weighted by atomic mass is 9.78. The van der Waals surface area contributed by atoms with Gasteiger partial charge in [0.2, 0.25) is 0 Å². The molecule has 1 aromatic heterocycles. The Kier molecular flexibility index (Phi) is 13.2. The van der Waals surface area contributed by atoms with E-state index in [1.165, 1.54) is 16.7 Å². The first-order chi connectivity index (χ1) is 27.2. The van der Waals surface area contributed by atoms with Crippen molar-refractivity contribution in [3.8, 4) is 34.1 Å². The lowest BCUT2D eigenvalue weighted by Crippen LogP contribution is -2.20. The third kappa shape index (κ3) is 9.53. The maximum atomic E-state index is 12.0. The quantitative estimate of drug-likeness (QED) is 0.138. The van der Waals surface area contributed by atoms with Crippen molar-refractivity contribution in [2.45, 2.75) is 60.8 Å². The van der Waals surface area contributed by atoms with Crippen LogP contribution in [0.4, 0.5) is 0 Å². The Morgan fingerprint density at radius 2 is 1.07 bits per heavy atom. The van der Waals surface area contributed by atoms with Gasteiger partial charge < -0.3 is 14.0 Å². The molecule has 0 spiro atoms. The minimum atomic E-state index is -0.131. The van der Waals surface area contributed by atoms with Gasteiger partial charge in [0.15, 0.2) is 5.78 Å². The monoisotopic (exact) mass is 753 g/mol. The number of aryl methyl sites for hydroxylation is 2. The molecule has 7 rings (SSSR count). The smallest absolute Gasteiger partial charge is 0.160 e. The number of hydrogen-bond acceptors (Lipinski definition) is 3. The van der Waals surface area contributed by atoms with Crippen LogP contribution in [0.5, 0.6) is 23.0 Å². The summed E-state index contributed by atoms with van der Waals surface area (Å²) >= 11 is 0. The van der Waals surface area contributed by atoms with Crippen LogP contribution in [0.15, 0.2) is 140 Å². The molecule has 0 amide bonds. The van der Waals surface area contributed by atoms with Crippen molar-refractivity contribution in [2.75, 3.05) is 0 Å². The summed E-state index contributed by atoms with van der Waals surface area (Å²) in [5.74, 6) is 3.43. The summed E-state index contributed by atoms with van der Waals surface area (Å²) in [6.07, 6.45) is 0. The van der Waals surface area contributed by atoms with E-state index in [1.807, 2.05) is 112 Å². The van der Waals surface area contributed by atoms with Crippen molar-refractivity contribution < 1.29 is 14.3 Å². The first-order valence-electron chi connectivity index (χ1n) is 19.5. The number of ether oxygens (including phenoxy) is 2. The molecule has 0 aliphatic carbocycles. The minimum Gasteiger partial charge on any atom is -0.457 e. The number of para-hydroxylation sites is 1. The molecule has 0 bridgehead atoms. The molecule has 0 aliphatic heterocycles. The van der Waals surface area contributed by atoms with Crippen LogP contribution in [0.2, 0.25) is 0 Å². The topological polar surface area (TPSA) is 40.5 Å². The van der Waals surface area contributed by atoms with Crippen LogP contribution in [-0.2, 0) is 12.5 Å². The maximum Gasteiger partial charge on any atom is 0.160 e. The summed E-state index contributed by atoms with van der Waals surface area (Å²) in [7, 11) is 1.98. The highest BCUT2D eigenvalue weighted by Crippen LogP contribution is 2.35. The normalized spacial score (nSPS) is 10.8. The van der Waals surface area contributed by atoms with E-state index in [1.54, 1.807) is 6.92 Å². The Morgan fingerprint density at radius 1 is 0.596 bits per heavy atom. The van der Waals surface area contributed by atoms with Crippen molar-refractivity contribution >= 4 is 35.3 Å². The van der Waals surface area contributed by atoms with Crippen LogP contribution >= 0.6 is 0 Å². The van der Waals surface area contributed by atoms with Crippen LogP contribution in [0, 0.1) is 13.8 Å². The van der Waals surface area contributed by atoms with Crippen LogP contribution in [0.25, 0.3) is 40.6 Å². The van der Waals surface area contributed by atoms with E-state index in [-0.39, 0.29) is 11.2 Å². The summed E-state index contributed by atoms with van der Waals surface area (Å²) in [5.41, 5.74) is 9.38. The number of benzene rings is 6. The Balaban J connectivity index is 0.000000212. The highest BCUT2D eigenvalue weighted by molar-refractivity contribution is 6.00. The molecular formula is C53H55NO3. The standard InChI is InChI=1S/C28H26O2.C23H23NO.C2H6/c1-21-9-15-25(16-10-21)30-27-19-13-23(14-20-27)28(2,3)22-11-17-26(18-12-22)29-24-7-5-4-6-8-24;1-13(2)20-12-21(14(3)10-23(20)17(6)25)18-8-9-19-15(4)24(7)16(5)22(19)11-18;1-2/h4-20H,1-3H3;8-12H,1,4-5H2,2-3,6-7H3;1-2H3. The van der Waals surface area contributed by atoms with Crippen LogP contribution in [-0.4, -0.2) is 10.4 Å². The zero-order chi connectivity index (χ0) is 41.4. The van der Waals surface area contributed by atoms with E-state index in [2.05, 4.69) is 101 Å². The number of nitrogens with zero attached hydrogens (tertiary/aromatic N) is 1. The van der Waals surface area contributed by atoms with Crippen molar-refractivity contribution in [1.29, 1.82) is 0 Å². The number of Topliss-reactive ketones (excluding diaryl/α,β-unsaturated/α-hetero) is 1. The molecule has 0 unspecified atom stereocenters. The Labute approximate surface area is 339 Å². The number of carbonyl (C=O) groups is 1. The molecule has 290 valence electrons. The maximum absolute atomic E-state index is 12.0. The Hall–Kier alpha value is -6.39. The van der Waals surface area contributed by atoms with Gasteiger partial charge in [0, 0.05) is 39.5 Å². The molecule has 0 radical (unpaired) electrons. The fraction of sp³-hybridized carbons (Fsp3) is 0.189. The van der Waals surface area contributed by atoms with Gasteiger partial charge in [-0.05, 0) is 128 Å². The number of carbonyl (C=O) groups excluding carboxylic acids is 1. The molecule has 4 heteroatoms. The van der Waals surface area contributed by atoms with E-state index >= 15 is 0 Å². The first kappa shape index (κ1) is 41.8. The largest absolute Gasteiger partial charge is 0.457 e. The molecule has 0 fully saturated rings. The van der Waals surface area contributed by atoms with Crippen molar-refractivity contribution in [2.24, 2.45) is 7.05 Å². The van der Waals surface area contributed by atoms with Crippen LogP contribution < -0.4 is 20.2 Å². The van der Waals surface area contributed by atoms with Gasteiger partial charge in [0.1, 0.15) is 23.0 Å². The molecule has 57 heavy (non-hydrogen) atoms. The van der Waals surface area contributed by atoms with Gasteiger partial charge in [-0.15, -0.1) is 0 Å². The molecule has 7 aromatic rings. The van der Waals surface area contributed by atoms with Crippen LogP contribution in [0.3, 0.4) is 0 Å². The predicted molar refractivity (Wildman–Crippen MR) is 242 cm³/mol. The number of rotatable bonds is 9. The van der Waals surface area contributed by atoms with Crippen molar-refractivity contribution in [1.82, 2.24) is 4.57 Å². The van der Waals surface area contributed by atoms with Gasteiger partial charge in [-0.25, -0.2) is 0 Å². The number of aromatic nitrogens is 1. The molecule has 0 aliphatic rings. The van der Waals surface area contributed by atoms with Gasteiger partial charge in [-0.1, -0.05) is 125 Å². The fourth-order valence-corrected chi connectivity index (χ4v) is 6.80. The van der Waals surface area contributed by atoms with Gasteiger partial charge in [-0.2, -0.15) is 0 Å². The van der Waals surface area contributed by atoms with E-state index < -0.39 is 0 Å². The highest BCUT2D eigenvalue weighted by atomic mass is 16.5. The summed E-state index contributed by atoms with van der Waals surface area (Å²) in [5, 5.41) is 4.16. The third-order valence-corrected chi connectivity index (χ3v) is 10.4. The van der Waals surface area contributed by atoms with Crippen molar-refractivity contribution in [3.63, 3.8) is 0 Å². The molecule has 0 saturated heterocycles. The van der Waals surface area contributed by atoms with Crippen molar-refractivity contribution in [3.05, 3.63) is 184 Å². The second-order valence-corrected chi connectivity index (χ2v) is 14.8. The summed E-state index contributed by atoms with van der Waals surface area (Å²) in [6, 6.07) is 45.0. The number of allylic oxidation sites excluding steroid dienone is 1. The number of fused-ring (bicyclic) bond motifs is 1. The number of hydrogen-bond donors (Lipinski definition) is 0. The van der Waals surface area contributed by atoms with Gasteiger partial charge >= 0.3 is 0 Å². The fourth-order valence-electron chi connectivity index (χ4n) is 6.80. The van der Waals surface area contributed by atoms with Gasteiger partial charge in [0.25, 0.3) is 0 Å². The second kappa shape index (κ2) is 18.0. The summed E-state index contributed by atoms with van der Waals surface area (Å²) in [6.45, 7) is 28.4. The van der Waals surface area contributed by atoms with E-state index in [0.29, 0.717) is 0 Å². The zero-order valence-corrected chi connectivity index (χ0v) is 35.0. The van der Waals surface area contributed by atoms with Crippen LogP contribution in [0.1, 0.15) is 79.7 Å². The third-order valence-electron chi connectivity index (χ3n) is 10.4. The Bertz CT molecular complexity index is 2590. The van der Waals surface area contributed by atoms with E-state index in [9.17, 15) is 4.79 Å². The SMILES string of the molecule is C=C(C)c1cc(-c2ccc3c(=C)n(C)c(=C)c3c2)c(C)cc1C(C)=O.CC.Cc1ccc(Oc2ccc(C(C)(C)c3ccc(Oc4ccccc4)cc3)cc2)cc1. The zero-order valence-electron chi connectivity index (χ0n) is 35.0. The average molecular weight is 754 g/mol. The molecule has 4 nitrogen and oxygen atoms in total. The summed E-state index contributed by atoms with van der Waals surface area (Å²) in [4.78, 5) is 12.0. The minimum absolute atomic E-state index is 0.0629. The van der Waals surface area contributed by atoms with E-state index in [4.69, 9.17) is 9.47 Å².